The van der Waals surface area contributed by atoms with Crippen molar-refractivity contribution in [2.45, 2.75) is 6.54 Å². The zero-order valence-corrected chi connectivity index (χ0v) is 17.0. The summed E-state index contributed by atoms with van der Waals surface area (Å²) >= 11 is 12.1. The van der Waals surface area contributed by atoms with Gasteiger partial charge >= 0.3 is 0 Å². The van der Waals surface area contributed by atoms with Crippen molar-refractivity contribution in [1.82, 2.24) is 24.8 Å². The monoisotopic (exact) mass is 439 g/mol. The largest absolute Gasteiger partial charge is 0.454 e. The third kappa shape index (κ3) is 4.59. The van der Waals surface area contributed by atoms with Gasteiger partial charge in [-0.1, -0.05) is 35.3 Å². The van der Waals surface area contributed by atoms with E-state index < -0.39 is 0 Å². The van der Waals surface area contributed by atoms with E-state index in [9.17, 15) is 4.79 Å². The highest BCUT2D eigenvalue weighted by atomic mass is 35.5. The number of nitrogens with one attached hydrogen (secondary N) is 1. The predicted molar refractivity (Wildman–Crippen MR) is 113 cm³/mol. The lowest BCUT2D eigenvalue weighted by Gasteiger charge is -2.11. The van der Waals surface area contributed by atoms with Crippen LogP contribution in [0, 0.1) is 0 Å². The fraction of sp³-hybridized carbons (Fsp3) is 0.0476. The second-order valence-electron chi connectivity index (χ2n) is 6.23. The van der Waals surface area contributed by atoms with E-state index in [0.29, 0.717) is 39.6 Å². The summed E-state index contributed by atoms with van der Waals surface area (Å²) in [6.45, 7) is 0.348. The van der Waals surface area contributed by atoms with Gasteiger partial charge in [0.25, 0.3) is 5.91 Å². The summed E-state index contributed by atoms with van der Waals surface area (Å²) in [5, 5.41) is 3.67. The lowest BCUT2D eigenvalue weighted by molar-refractivity contribution is 0.0944. The molecular formula is C21H15Cl2N5O2. The maximum Gasteiger partial charge on any atom is 0.268 e. The highest BCUT2D eigenvalue weighted by molar-refractivity contribution is 6.35. The average Bonchev–Trinajstić information content (AvgIpc) is 3.23. The minimum Gasteiger partial charge on any atom is -0.454 e. The summed E-state index contributed by atoms with van der Waals surface area (Å²) in [5.41, 5.74) is 1.33. The molecule has 7 nitrogen and oxygen atoms in total. The Morgan fingerprint density at radius 2 is 1.80 bits per heavy atom. The molecule has 0 spiro atoms. The van der Waals surface area contributed by atoms with Crippen LogP contribution < -0.4 is 10.1 Å². The molecule has 0 fully saturated rings. The lowest BCUT2D eigenvalue weighted by Crippen LogP contribution is -2.25. The number of halogens is 2. The van der Waals surface area contributed by atoms with Crippen LogP contribution >= 0.6 is 23.2 Å². The van der Waals surface area contributed by atoms with Crippen LogP contribution in [-0.4, -0.2) is 25.4 Å². The number of hydrogen-bond donors (Lipinski definition) is 1. The maximum atomic E-state index is 12.7. The van der Waals surface area contributed by atoms with Crippen LogP contribution in [0.4, 0.5) is 0 Å². The van der Waals surface area contributed by atoms with Crippen molar-refractivity contribution in [3.63, 3.8) is 0 Å². The quantitative estimate of drug-likeness (QED) is 0.471. The molecule has 30 heavy (non-hydrogen) atoms. The molecule has 4 aromatic rings. The SMILES string of the molecule is O=C(NCc1ccc(Oc2cncnc2)cc1)c1cccn1-c1ncc(Cl)cc1Cl. The molecule has 150 valence electrons. The zero-order valence-electron chi connectivity index (χ0n) is 15.5. The molecule has 0 unspecified atom stereocenters. The van der Waals surface area contributed by atoms with Crippen molar-refractivity contribution in [1.29, 1.82) is 0 Å². The lowest BCUT2D eigenvalue weighted by atomic mass is 10.2. The van der Waals surface area contributed by atoms with Gasteiger partial charge in [0, 0.05) is 18.9 Å². The summed E-state index contributed by atoms with van der Waals surface area (Å²) in [5.74, 6) is 1.38. The first-order chi connectivity index (χ1) is 14.6. The summed E-state index contributed by atoms with van der Waals surface area (Å²) in [6, 6.07) is 12.4. The molecule has 0 radical (unpaired) electrons. The number of amides is 1. The van der Waals surface area contributed by atoms with E-state index in [1.807, 2.05) is 24.3 Å². The number of hydrogen-bond acceptors (Lipinski definition) is 5. The molecule has 4 rings (SSSR count). The van der Waals surface area contributed by atoms with Crippen LogP contribution in [0.25, 0.3) is 5.82 Å². The van der Waals surface area contributed by atoms with Crippen LogP contribution in [0.5, 0.6) is 11.5 Å². The van der Waals surface area contributed by atoms with Crippen molar-refractivity contribution in [3.8, 4) is 17.3 Å². The number of benzene rings is 1. The highest BCUT2D eigenvalue weighted by Crippen LogP contribution is 2.23. The molecule has 0 aliphatic heterocycles. The van der Waals surface area contributed by atoms with Crippen molar-refractivity contribution in [3.05, 3.63) is 94.9 Å². The zero-order chi connectivity index (χ0) is 20.9. The van der Waals surface area contributed by atoms with Crippen LogP contribution in [0.3, 0.4) is 0 Å². The van der Waals surface area contributed by atoms with Gasteiger partial charge < -0.3 is 10.1 Å². The number of nitrogens with zero attached hydrogens (tertiary/aromatic N) is 4. The van der Waals surface area contributed by atoms with Crippen molar-refractivity contribution in [2.75, 3.05) is 0 Å². The number of aromatic nitrogens is 4. The Morgan fingerprint density at radius 1 is 1.03 bits per heavy atom. The first-order valence-corrected chi connectivity index (χ1v) is 9.64. The van der Waals surface area contributed by atoms with Crippen molar-refractivity contribution in [2.24, 2.45) is 0 Å². The molecule has 0 bridgehead atoms. The van der Waals surface area contributed by atoms with Gasteiger partial charge in [-0.3, -0.25) is 9.36 Å². The van der Waals surface area contributed by atoms with Crippen LogP contribution in [-0.2, 0) is 6.54 Å². The Balaban J connectivity index is 1.41. The van der Waals surface area contributed by atoms with Gasteiger partial charge in [0.15, 0.2) is 11.6 Å². The van der Waals surface area contributed by atoms with Gasteiger partial charge in [0.2, 0.25) is 0 Å². The van der Waals surface area contributed by atoms with Gasteiger partial charge in [0.05, 0.1) is 22.4 Å². The molecule has 1 N–H and O–H groups in total. The molecule has 9 heteroatoms. The van der Waals surface area contributed by atoms with E-state index in [1.54, 1.807) is 41.4 Å². The van der Waals surface area contributed by atoms with Gasteiger partial charge in [-0.25, -0.2) is 15.0 Å². The second-order valence-corrected chi connectivity index (χ2v) is 7.07. The second kappa shape index (κ2) is 8.94. The first-order valence-electron chi connectivity index (χ1n) is 8.89. The fourth-order valence-electron chi connectivity index (χ4n) is 2.76. The van der Waals surface area contributed by atoms with Crippen molar-refractivity contribution >= 4 is 29.1 Å². The maximum absolute atomic E-state index is 12.7. The van der Waals surface area contributed by atoms with Gasteiger partial charge in [-0.2, -0.15) is 0 Å². The summed E-state index contributed by atoms with van der Waals surface area (Å²) in [4.78, 5) is 24.7. The molecular weight excluding hydrogens is 425 g/mol. The number of carbonyl (C=O) groups is 1. The molecule has 3 heterocycles. The summed E-state index contributed by atoms with van der Waals surface area (Å²) < 4.78 is 7.28. The van der Waals surface area contributed by atoms with Crippen LogP contribution in [0.1, 0.15) is 16.1 Å². The topological polar surface area (TPSA) is 81.9 Å². The van der Waals surface area contributed by atoms with Gasteiger partial charge in [-0.05, 0) is 35.9 Å². The summed E-state index contributed by atoms with van der Waals surface area (Å²) in [7, 11) is 0. The van der Waals surface area contributed by atoms with Crippen molar-refractivity contribution < 1.29 is 9.53 Å². The van der Waals surface area contributed by atoms with E-state index in [4.69, 9.17) is 27.9 Å². The summed E-state index contributed by atoms with van der Waals surface area (Å²) in [6.07, 6.45) is 7.80. The minimum atomic E-state index is -0.255. The highest BCUT2D eigenvalue weighted by Gasteiger charge is 2.15. The molecule has 0 saturated heterocycles. The average molecular weight is 440 g/mol. The Hall–Kier alpha value is -3.42. The normalized spacial score (nSPS) is 10.6. The first kappa shape index (κ1) is 19.9. The van der Waals surface area contributed by atoms with Crippen LogP contribution in [0.2, 0.25) is 10.0 Å². The number of pyridine rings is 1. The van der Waals surface area contributed by atoms with Crippen LogP contribution in [0.15, 0.2) is 73.6 Å². The minimum absolute atomic E-state index is 0.255. The predicted octanol–water partition coefficient (Wildman–Crippen LogP) is 4.69. The van der Waals surface area contributed by atoms with E-state index in [1.165, 1.54) is 12.5 Å². The standard InChI is InChI=1S/C21H15Cl2N5O2/c22-15-8-18(23)20(26-10-15)28-7-1-2-19(28)21(29)27-9-14-3-5-16(6-4-14)30-17-11-24-13-25-12-17/h1-8,10-13H,9H2,(H,27,29). The Kier molecular flexibility index (Phi) is 5.92. The number of rotatable bonds is 6. The molecule has 0 atom stereocenters. The Morgan fingerprint density at radius 3 is 2.53 bits per heavy atom. The molecule has 1 amide bonds. The smallest absolute Gasteiger partial charge is 0.268 e. The van der Waals surface area contributed by atoms with E-state index in [2.05, 4.69) is 20.3 Å². The Labute approximate surface area is 182 Å². The van der Waals surface area contributed by atoms with Gasteiger partial charge in [-0.15, -0.1) is 0 Å². The number of ether oxygens (including phenoxy) is 1. The third-order valence-electron chi connectivity index (χ3n) is 4.15. The van der Waals surface area contributed by atoms with E-state index in [-0.39, 0.29) is 5.91 Å². The molecule has 0 aliphatic carbocycles. The molecule has 0 saturated carbocycles. The van der Waals surface area contributed by atoms with E-state index >= 15 is 0 Å². The molecule has 3 aromatic heterocycles. The molecule has 1 aromatic carbocycles. The Bertz CT molecular complexity index is 1160. The third-order valence-corrected chi connectivity index (χ3v) is 4.63. The van der Waals surface area contributed by atoms with E-state index in [0.717, 1.165) is 5.56 Å². The fourth-order valence-corrected chi connectivity index (χ4v) is 3.23. The van der Waals surface area contributed by atoms with Gasteiger partial charge in [0.1, 0.15) is 17.8 Å². The molecule has 0 aliphatic rings. The number of carbonyl (C=O) groups excluding carboxylic acids is 1.